The zero-order valence-corrected chi connectivity index (χ0v) is 19.5. The summed E-state index contributed by atoms with van der Waals surface area (Å²) in [5.41, 5.74) is 3.34. The Labute approximate surface area is 190 Å². The molecule has 5 nitrogen and oxygen atoms in total. The molecule has 2 atom stereocenters. The highest BCUT2D eigenvalue weighted by Crippen LogP contribution is 2.25. The number of rotatable bonds is 8. The van der Waals surface area contributed by atoms with Crippen molar-refractivity contribution in [1.29, 1.82) is 0 Å². The Bertz CT molecular complexity index is 1190. The van der Waals surface area contributed by atoms with Crippen LogP contribution in [0.5, 0.6) is 5.75 Å². The van der Waals surface area contributed by atoms with Gasteiger partial charge in [-0.05, 0) is 53.8 Å². The highest BCUT2D eigenvalue weighted by Gasteiger charge is 2.33. The summed E-state index contributed by atoms with van der Waals surface area (Å²) in [5.74, 6) is 1.12. The number of hydrogen-bond acceptors (Lipinski definition) is 5. The molecule has 170 valence electrons. The molecule has 3 aromatic carbocycles. The van der Waals surface area contributed by atoms with E-state index in [4.69, 9.17) is 4.74 Å². The number of aliphatic hydroxyl groups excluding tert-OH is 1. The third-order valence-corrected chi connectivity index (χ3v) is 8.16. The molecule has 0 aliphatic carbocycles. The van der Waals surface area contributed by atoms with Crippen LogP contribution in [0, 0.1) is 13.8 Å². The quantitative estimate of drug-likeness (QED) is 0.561. The van der Waals surface area contributed by atoms with Crippen molar-refractivity contribution < 1.29 is 18.3 Å². The molecule has 1 heterocycles. The molecule has 0 saturated carbocycles. The summed E-state index contributed by atoms with van der Waals surface area (Å²) in [5, 5.41) is 13.1. The van der Waals surface area contributed by atoms with Crippen molar-refractivity contribution in [1.82, 2.24) is 4.90 Å². The summed E-state index contributed by atoms with van der Waals surface area (Å²) < 4.78 is 30.2. The number of benzene rings is 3. The Hall–Kier alpha value is -2.41. The first-order chi connectivity index (χ1) is 15.3. The first kappa shape index (κ1) is 22.8. The normalized spacial score (nSPS) is 18.8. The van der Waals surface area contributed by atoms with Gasteiger partial charge < -0.3 is 9.84 Å². The molecule has 0 bridgehead atoms. The van der Waals surface area contributed by atoms with Crippen LogP contribution >= 0.6 is 0 Å². The Morgan fingerprint density at radius 1 is 1.06 bits per heavy atom. The van der Waals surface area contributed by atoms with Gasteiger partial charge in [-0.15, -0.1) is 0 Å². The van der Waals surface area contributed by atoms with Gasteiger partial charge in [-0.25, -0.2) is 8.42 Å². The topological polar surface area (TPSA) is 66.8 Å². The molecule has 1 saturated heterocycles. The highest BCUT2D eigenvalue weighted by atomic mass is 32.2. The Morgan fingerprint density at radius 3 is 2.59 bits per heavy atom. The third kappa shape index (κ3) is 5.31. The van der Waals surface area contributed by atoms with Crippen LogP contribution in [0.15, 0.2) is 60.7 Å². The molecule has 3 aromatic rings. The second-order valence-corrected chi connectivity index (χ2v) is 11.0. The lowest BCUT2D eigenvalue weighted by Gasteiger charge is -2.30. The van der Waals surface area contributed by atoms with Crippen LogP contribution in [0.25, 0.3) is 10.8 Å². The minimum absolute atomic E-state index is 0.102. The standard InChI is InChI=1S/C26H31NO4S/c1-19-7-5-12-26(20(19)2)31-17-24(28)16-27(23-13-14-32(29,30)18-23)15-22-10-6-9-21-8-3-4-11-25(21)22/h3-12,23-24,28H,13-18H2,1-2H3. The minimum Gasteiger partial charge on any atom is -0.491 e. The SMILES string of the molecule is Cc1cccc(OCC(O)CN(Cc2cccc3ccccc23)C2CCS(=O)(=O)C2)c1C. The Morgan fingerprint density at radius 2 is 1.81 bits per heavy atom. The van der Waals surface area contributed by atoms with Gasteiger partial charge in [-0.3, -0.25) is 4.90 Å². The van der Waals surface area contributed by atoms with E-state index in [1.54, 1.807) is 0 Å². The lowest BCUT2D eigenvalue weighted by Crippen LogP contribution is -2.42. The van der Waals surface area contributed by atoms with Gasteiger partial charge in [0.1, 0.15) is 18.5 Å². The summed E-state index contributed by atoms with van der Waals surface area (Å²) in [7, 11) is -3.03. The molecule has 0 radical (unpaired) electrons. The molecule has 2 unspecified atom stereocenters. The largest absolute Gasteiger partial charge is 0.491 e. The fourth-order valence-corrected chi connectivity index (χ4v) is 6.21. The van der Waals surface area contributed by atoms with Crippen molar-refractivity contribution in [3.63, 3.8) is 0 Å². The van der Waals surface area contributed by atoms with E-state index in [-0.39, 0.29) is 24.2 Å². The van der Waals surface area contributed by atoms with Crippen LogP contribution in [-0.4, -0.2) is 55.2 Å². The van der Waals surface area contributed by atoms with Gasteiger partial charge in [0.15, 0.2) is 9.84 Å². The van der Waals surface area contributed by atoms with Crippen molar-refractivity contribution in [3.05, 3.63) is 77.4 Å². The van der Waals surface area contributed by atoms with Crippen LogP contribution in [-0.2, 0) is 16.4 Å². The molecule has 1 fully saturated rings. The lowest BCUT2D eigenvalue weighted by molar-refractivity contribution is 0.0524. The fourth-order valence-electron chi connectivity index (χ4n) is 4.45. The third-order valence-electron chi connectivity index (χ3n) is 6.41. The van der Waals surface area contributed by atoms with E-state index in [0.717, 1.165) is 33.2 Å². The van der Waals surface area contributed by atoms with Gasteiger partial charge in [0.25, 0.3) is 0 Å². The van der Waals surface area contributed by atoms with E-state index in [9.17, 15) is 13.5 Å². The average molecular weight is 454 g/mol. The second-order valence-electron chi connectivity index (χ2n) is 8.79. The van der Waals surface area contributed by atoms with E-state index in [2.05, 4.69) is 29.2 Å². The molecular formula is C26H31NO4S. The van der Waals surface area contributed by atoms with Gasteiger partial charge in [-0.1, -0.05) is 54.6 Å². The van der Waals surface area contributed by atoms with Crippen molar-refractivity contribution in [2.45, 2.75) is 39.0 Å². The van der Waals surface area contributed by atoms with E-state index < -0.39 is 15.9 Å². The van der Waals surface area contributed by atoms with Crippen LogP contribution in [0.4, 0.5) is 0 Å². The predicted octanol–water partition coefficient (Wildman–Crippen LogP) is 3.89. The van der Waals surface area contributed by atoms with Gasteiger partial charge in [0.05, 0.1) is 11.5 Å². The molecule has 0 spiro atoms. The molecule has 32 heavy (non-hydrogen) atoms. The Kier molecular flexibility index (Phi) is 6.84. The number of nitrogens with zero attached hydrogens (tertiary/aromatic N) is 1. The molecule has 6 heteroatoms. The smallest absolute Gasteiger partial charge is 0.151 e. The van der Waals surface area contributed by atoms with Crippen molar-refractivity contribution >= 4 is 20.6 Å². The number of hydrogen-bond donors (Lipinski definition) is 1. The van der Waals surface area contributed by atoms with Crippen LogP contribution in [0.1, 0.15) is 23.1 Å². The maximum absolute atomic E-state index is 12.2. The first-order valence-electron chi connectivity index (χ1n) is 11.1. The summed E-state index contributed by atoms with van der Waals surface area (Å²) in [6.45, 7) is 5.14. The average Bonchev–Trinajstić information content (AvgIpc) is 3.14. The van der Waals surface area contributed by atoms with E-state index >= 15 is 0 Å². The summed E-state index contributed by atoms with van der Waals surface area (Å²) >= 11 is 0. The number of aryl methyl sites for hydroxylation is 1. The summed E-state index contributed by atoms with van der Waals surface area (Å²) in [6, 6.07) is 20.2. The molecule has 0 amide bonds. The first-order valence-corrected chi connectivity index (χ1v) is 12.9. The summed E-state index contributed by atoms with van der Waals surface area (Å²) in [4.78, 5) is 2.11. The fraction of sp³-hybridized carbons (Fsp3) is 0.385. The molecule has 1 aliphatic rings. The van der Waals surface area contributed by atoms with Gasteiger partial charge in [0.2, 0.25) is 0 Å². The number of aliphatic hydroxyl groups is 1. The lowest BCUT2D eigenvalue weighted by atomic mass is 10.0. The second kappa shape index (κ2) is 9.61. The van der Waals surface area contributed by atoms with Crippen LogP contribution in [0.3, 0.4) is 0 Å². The van der Waals surface area contributed by atoms with E-state index in [0.29, 0.717) is 19.5 Å². The van der Waals surface area contributed by atoms with Gasteiger partial charge in [-0.2, -0.15) is 0 Å². The zero-order chi connectivity index (χ0) is 22.7. The summed E-state index contributed by atoms with van der Waals surface area (Å²) in [6.07, 6.45) is -0.134. The molecule has 1 N–H and O–H groups in total. The maximum atomic E-state index is 12.2. The predicted molar refractivity (Wildman–Crippen MR) is 129 cm³/mol. The monoisotopic (exact) mass is 453 g/mol. The highest BCUT2D eigenvalue weighted by molar-refractivity contribution is 7.91. The van der Waals surface area contributed by atoms with Crippen molar-refractivity contribution in [2.75, 3.05) is 24.7 Å². The van der Waals surface area contributed by atoms with Gasteiger partial charge in [0, 0.05) is 19.1 Å². The van der Waals surface area contributed by atoms with E-state index in [1.807, 2.05) is 50.2 Å². The maximum Gasteiger partial charge on any atom is 0.151 e. The minimum atomic E-state index is -3.03. The van der Waals surface area contributed by atoms with E-state index in [1.165, 1.54) is 0 Å². The van der Waals surface area contributed by atoms with Crippen LogP contribution in [0.2, 0.25) is 0 Å². The van der Waals surface area contributed by atoms with Gasteiger partial charge >= 0.3 is 0 Å². The van der Waals surface area contributed by atoms with Crippen LogP contribution < -0.4 is 4.74 Å². The number of ether oxygens (including phenoxy) is 1. The van der Waals surface area contributed by atoms with Crippen molar-refractivity contribution in [2.24, 2.45) is 0 Å². The number of fused-ring (bicyclic) bond motifs is 1. The molecule has 1 aliphatic heterocycles. The zero-order valence-electron chi connectivity index (χ0n) is 18.7. The molecular weight excluding hydrogens is 422 g/mol. The Balaban J connectivity index is 1.51. The van der Waals surface area contributed by atoms with Crippen molar-refractivity contribution in [3.8, 4) is 5.75 Å². The molecule has 4 rings (SSSR count). The number of sulfone groups is 1. The molecule has 0 aromatic heterocycles.